The highest BCUT2D eigenvalue weighted by Gasteiger charge is 2.08. The maximum Gasteiger partial charge on any atom is 0.303 e. The first kappa shape index (κ1) is 17.4. The minimum absolute atomic E-state index is 0.301. The number of para-hydroxylation sites is 2. The lowest BCUT2D eigenvalue weighted by atomic mass is 9.97. The quantitative estimate of drug-likeness (QED) is 0.400. The van der Waals surface area contributed by atoms with E-state index in [0.29, 0.717) is 6.42 Å². The van der Waals surface area contributed by atoms with Gasteiger partial charge in [0.15, 0.2) is 0 Å². The van der Waals surface area contributed by atoms with Crippen LogP contribution < -0.4 is 0 Å². The Morgan fingerprint density at radius 2 is 1.28 bits per heavy atom. The second kappa shape index (κ2) is 8.61. The van der Waals surface area contributed by atoms with Crippen LogP contribution in [0.25, 0.3) is 21.8 Å². The third-order valence-electron chi connectivity index (χ3n) is 4.77. The van der Waals surface area contributed by atoms with Crippen LogP contribution >= 0.6 is 0 Å². The first-order chi connectivity index (χ1) is 12.3. The van der Waals surface area contributed by atoms with Crippen LogP contribution in [0.4, 0.5) is 0 Å². The molecule has 0 aliphatic heterocycles. The minimum atomic E-state index is -0.684. The molecular weight excluding hydrogens is 310 g/mol. The molecule has 0 spiro atoms. The SMILES string of the molecule is O=C(O)CCCCCCCCc1c2ccccc2nc2ccccc12. The van der Waals surface area contributed by atoms with E-state index in [1.165, 1.54) is 29.2 Å². The van der Waals surface area contributed by atoms with Crippen molar-refractivity contribution in [1.82, 2.24) is 4.98 Å². The van der Waals surface area contributed by atoms with Crippen molar-refractivity contribution in [2.75, 3.05) is 0 Å². The number of nitrogens with zero attached hydrogens (tertiary/aromatic N) is 1. The van der Waals surface area contributed by atoms with E-state index >= 15 is 0 Å². The van der Waals surface area contributed by atoms with Crippen molar-refractivity contribution in [1.29, 1.82) is 0 Å². The number of unbranched alkanes of at least 4 members (excludes halogenated alkanes) is 5. The van der Waals surface area contributed by atoms with Gasteiger partial charge in [-0.3, -0.25) is 4.79 Å². The minimum Gasteiger partial charge on any atom is -0.481 e. The number of carbonyl (C=O) groups is 1. The molecule has 0 aliphatic carbocycles. The number of aliphatic carboxylic acids is 1. The molecule has 0 unspecified atom stereocenters. The van der Waals surface area contributed by atoms with Crippen LogP contribution in [0.5, 0.6) is 0 Å². The first-order valence-electron chi connectivity index (χ1n) is 9.24. The van der Waals surface area contributed by atoms with Gasteiger partial charge in [0.1, 0.15) is 0 Å². The highest BCUT2D eigenvalue weighted by molar-refractivity contribution is 5.97. The Balaban J connectivity index is 1.61. The molecule has 0 aliphatic rings. The Morgan fingerprint density at radius 3 is 1.88 bits per heavy atom. The van der Waals surface area contributed by atoms with Crippen molar-refractivity contribution in [2.24, 2.45) is 0 Å². The van der Waals surface area contributed by atoms with Crippen LogP contribution in [0.2, 0.25) is 0 Å². The van der Waals surface area contributed by atoms with E-state index in [-0.39, 0.29) is 0 Å². The molecule has 1 N–H and O–H groups in total. The van der Waals surface area contributed by atoms with E-state index in [2.05, 4.69) is 36.4 Å². The van der Waals surface area contributed by atoms with Crippen molar-refractivity contribution in [3.63, 3.8) is 0 Å². The molecule has 0 saturated carbocycles. The van der Waals surface area contributed by atoms with Crippen molar-refractivity contribution in [3.05, 3.63) is 54.1 Å². The fourth-order valence-electron chi connectivity index (χ4n) is 3.48. The fourth-order valence-corrected chi connectivity index (χ4v) is 3.48. The first-order valence-corrected chi connectivity index (χ1v) is 9.24. The number of aromatic nitrogens is 1. The number of aryl methyl sites for hydroxylation is 1. The number of rotatable bonds is 9. The van der Waals surface area contributed by atoms with Gasteiger partial charge >= 0.3 is 5.97 Å². The topological polar surface area (TPSA) is 50.2 Å². The summed E-state index contributed by atoms with van der Waals surface area (Å²) in [5.41, 5.74) is 3.56. The normalized spacial score (nSPS) is 11.2. The summed E-state index contributed by atoms with van der Waals surface area (Å²) >= 11 is 0. The van der Waals surface area contributed by atoms with E-state index in [1.54, 1.807) is 0 Å². The second-order valence-corrected chi connectivity index (χ2v) is 6.64. The molecule has 3 heteroatoms. The summed E-state index contributed by atoms with van der Waals surface area (Å²) in [5, 5.41) is 11.2. The second-order valence-electron chi connectivity index (χ2n) is 6.64. The number of carboxylic acids is 1. The van der Waals surface area contributed by atoms with Crippen LogP contribution in [0.15, 0.2) is 48.5 Å². The van der Waals surface area contributed by atoms with Gasteiger partial charge in [0, 0.05) is 17.2 Å². The molecule has 130 valence electrons. The molecular formula is C22H25NO2. The molecule has 25 heavy (non-hydrogen) atoms. The van der Waals surface area contributed by atoms with Gasteiger partial charge in [0.25, 0.3) is 0 Å². The van der Waals surface area contributed by atoms with E-state index in [4.69, 9.17) is 10.1 Å². The van der Waals surface area contributed by atoms with Gasteiger partial charge in [-0.05, 0) is 37.0 Å². The van der Waals surface area contributed by atoms with Gasteiger partial charge in [-0.25, -0.2) is 4.98 Å². The highest BCUT2D eigenvalue weighted by Crippen LogP contribution is 2.27. The average molecular weight is 335 g/mol. The van der Waals surface area contributed by atoms with Crippen LogP contribution in [0.1, 0.15) is 50.5 Å². The number of hydrogen-bond acceptors (Lipinski definition) is 2. The average Bonchev–Trinajstić information content (AvgIpc) is 2.62. The van der Waals surface area contributed by atoms with Crippen molar-refractivity contribution in [2.45, 2.75) is 51.4 Å². The van der Waals surface area contributed by atoms with Crippen LogP contribution in [0.3, 0.4) is 0 Å². The van der Waals surface area contributed by atoms with E-state index in [1.807, 2.05) is 12.1 Å². The molecule has 3 nitrogen and oxygen atoms in total. The lowest BCUT2D eigenvalue weighted by Gasteiger charge is -2.11. The van der Waals surface area contributed by atoms with Gasteiger partial charge in [-0.2, -0.15) is 0 Å². The van der Waals surface area contributed by atoms with E-state index in [9.17, 15) is 4.79 Å². The Morgan fingerprint density at radius 1 is 0.760 bits per heavy atom. The molecule has 0 fully saturated rings. The Hall–Kier alpha value is -2.42. The van der Waals surface area contributed by atoms with Crippen molar-refractivity contribution in [3.8, 4) is 0 Å². The summed E-state index contributed by atoms with van der Waals surface area (Å²) in [4.78, 5) is 15.3. The summed E-state index contributed by atoms with van der Waals surface area (Å²) in [6.45, 7) is 0. The molecule has 1 heterocycles. The van der Waals surface area contributed by atoms with Gasteiger partial charge in [-0.1, -0.05) is 62.1 Å². The number of hydrogen-bond donors (Lipinski definition) is 1. The number of fused-ring (bicyclic) bond motifs is 2. The zero-order valence-electron chi connectivity index (χ0n) is 14.6. The molecule has 3 rings (SSSR count). The van der Waals surface area contributed by atoms with E-state index < -0.39 is 5.97 Å². The number of carboxylic acid groups (broad SMARTS) is 1. The summed E-state index contributed by atoms with van der Waals surface area (Å²) in [7, 11) is 0. The Labute approximate surface area is 148 Å². The zero-order chi connectivity index (χ0) is 17.5. The molecule has 2 aromatic carbocycles. The smallest absolute Gasteiger partial charge is 0.303 e. The third-order valence-corrected chi connectivity index (χ3v) is 4.77. The molecule has 0 amide bonds. The third kappa shape index (κ3) is 4.56. The van der Waals surface area contributed by atoms with Crippen molar-refractivity contribution < 1.29 is 9.90 Å². The summed E-state index contributed by atoms with van der Waals surface area (Å²) in [5.74, 6) is -0.684. The lowest BCUT2D eigenvalue weighted by Crippen LogP contribution is -1.94. The fraction of sp³-hybridized carbons (Fsp3) is 0.364. The molecule has 0 bridgehead atoms. The predicted octanol–water partition coefficient (Wildman–Crippen LogP) is 5.75. The summed E-state index contributed by atoms with van der Waals surface area (Å²) in [6, 6.07) is 16.8. The standard InChI is InChI=1S/C22H25NO2/c24-22(25)16-6-4-2-1-3-5-11-17-18-12-7-9-14-20(18)23-21-15-10-8-13-19(17)21/h7-10,12-15H,1-6,11,16H2,(H,24,25). The van der Waals surface area contributed by atoms with Gasteiger partial charge in [-0.15, -0.1) is 0 Å². The lowest BCUT2D eigenvalue weighted by molar-refractivity contribution is -0.137. The van der Waals surface area contributed by atoms with Crippen molar-refractivity contribution >= 4 is 27.8 Å². The maximum atomic E-state index is 10.5. The number of pyridine rings is 1. The van der Waals surface area contributed by atoms with Crippen LogP contribution in [0, 0.1) is 0 Å². The Kier molecular flexibility index (Phi) is 5.99. The molecule has 3 aromatic rings. The number of benzene rings is 2. The molecule has 0 atom stereocenters. The molecule has 0 saturated heterocycles. The summed E-state index contributed by atoms with van der Waals surface area (Å²) in [6.07, 6.45) is 7.86. The maximum absolute atomic E-state index is 10.5. The Bertz CT molecular complexity index is 803. The summed E-state index contributed by atoms with van der Waals surface area (Å²) < 4.78 is 0. The monoisotopic (exact) mass is 335 g/mol. The highest BCUT2D eigenvalue weighted by atomic mass is 16.4. The van der Waals surface area contributed by atoms with Crippen LogP contribution in [-0.4, -0.2) is 16.1 Å². The van der Waals surface area contributed by atoms with Gasteiger partial charge in [0.2, 0.25) is 0 Å². The largest absolute Gasteiger partial charge is 0.481 e. The van der Waals surface area contributed by atoms with Crippen LogP contribution in [-0.2, 0) is 11.2 Å². The zero-order valence-corrected chi connectivity index (χ0v) is 14.6. The van der Waals surface area contributed by atoms with Gasteiger partial charge in [0.05, 0.1) is 11.0 Å². The molecule has 0 radical (unpaired) electrons. The predicted molar refractivity (Wildman–Crippen MR) is 103 cm³/mol. The van der Waals surface area contributed by atoms with Gasteiger partial charge < -0.3 is 5.11 Å². The molecule has 1 aromatic heterocycles. The van der Waals surface area contributed by atoms with E-state index in [0.717, 1.165) is 43.1 Å².